The van der Waals surface area contributed by atoms with Gasteiger partial charge in [-0.25, -0.2) is 0 Å². The first kappa shape index (κ1) is 30.6. The molecule has 2 rings (SSSR count). The van der Waals surface area contributed by atoms with E-state index in [0.717, 1.165) is 0 Å². The lowest BCUT2D eigenvalue weighted by atomic mass is 9.89. The Balaban J connectivity index is 1.71. The molecule has 1 fully saturated rings. The lowest BCUT2D eigenvalue weighted by Crippen LogP contribution is -2.28. The summed E-state index contributed by atoms with van der Waals surface area (Å²) in [5.41, 5.74) is 0. The number of amides is 1. The highest BCUT2D eigenvalue weighted by Gasteiger charge is 2.39. The van der Waals surface area contributed by atoms with Gasteiger partial charge in [0.25, 0.3) is 5.09 Å². The maximum atomic E-state index is 12.1. The molecule has 1 amide bonds. The number of hydrogen-bond acceptors (Lipinski definition) is 8. The highest BCUT2D eigenvalue weighted by atomic mass is 35.5. The second kappa shape index (κ2) is 16.2. The first-order valence-electron chi connectivity index (χ1n) is 12.4. The fourth-order valence-corrected chi connectivity index (χ4v) is 4.44. The van der Waals surface area contributed by atoms with Gasteiger partial charge in [0.05, 0.1) is 18.8 Å². The summed E-state index contributed by atoms with van der Waals surface area (Å²) in [6.45, 7) is 0.384. The summed E-state index contributed by atoms with van der Waals surface area (Å²) in [5, 5.41) is 40.9. The van der Waals surface area contributed by atoms with E-state index in [2.05, 4.69) is 4.84 Å². The molecule has 3 N–H and O–H groups in total. The number of ether oxygens (including phenoxy) is 1. The minimum absolute atomic E-state index is 0.0351. The Labute approximate surface area is 222 Å². The molecule has 1 saturated carbocycles. The van der Waals surface area contributed by atoms with Gasteiger partial charge in [0.15, 0.2) is 0 Å². The molecule has 11 heteroatoms. The Kier molecular flexibility index (Phi) is 13.4. The van der Waals surface area contributed by atoms with Crippen LogP contribution in [-0.4, -0.2) is 76.3 Å². The normalized spacial score (nSPS) is 22.4. The van der Waals surface area contributed by atoms with Crippen LogP contribution in [0.1, 0.15) is 38.5 Å². The Bertz CT molecular complexity index is 912. The van der Waals surface area contributed by atoms with E-state index in [-0.39, 0.29) is 37.4 Å². The van der Waals surface area contributed by atoms with Gasteiger partial charge in [0.1, 0.15) is 18.5 Å². The molecule has 206 valence electrons. The van der Waals surface area contributed by atoms with E-state index in [0.29, 0.717) is 49.4 Å². The van der Waals surface area contributed by atoms with Crippen LogP contribution in [0.3, 0.4) is 0 Å². The second-order valence-corrected chi connectivity index (χ2v) is 9.59. The number of benzene rings is 1. The van der Waals surface area contributed by atoms with Crippen molar-refractivity contribution in [2.45, 2.75) is 56.8 Å². The van der Waals surface area contributed by atoms with Crippen molar-refractivity contribution < 1.29 is 34.8 Å². The number of aliphatic hydroxyl groups excluding tert-OH is 3. The highest BCUT2D eigenvalue weighted by molar-refractivity contribution is 6.30. The van der Waals surface area contributed by atoms with Crippen molar-refractivity contribution >= 4 is 17.5 Å². The number of hydrogen-bond donors (Lipinski definition) is 3. The van der Waals surface area contributed by atoms with E-state index >= 15 is 0 Å². The van der Waals surface area contributed by atoms with Crippen LogP contribution < -0.4 is 4.74 Å². The number of allylic oxidation sites excluding steroid dienone is 2. The zero-order chi connectivity index (χ0) is 27.2. The average molecular weight is 541 g/mol. The minimum atomic E-state index is -0.878. The SMILES string of the molecule is CN(CCCO[N+](=O)[O-])C(=O)CCC/C=C\C[C@@H]1[C@@H](/C=C/[C@@H](O)COc2cccc(Cl)c2)[C@H](O)C[C@@H]1O. The quantitative estimate of drug-likeness (QED) is 0.126. The summed E-state index contributed by atoms with van der Waals surface area (Å²) in [4.78, 5) is 28.0. The molecule has 0 radical (unpaired) electrons. The Hall–Kier alpha value is -2.66. The molecule has 10 nitrogen and oxygen atoms in total. The third-order valence-electron chi connectivity index (χ3n) is 6.28. The molecule has 37 heavy (non-hydrogen) atoms. The van der Waals surface area contributed by atoms with Crippen molar-refractivity contribution in [1.82, 2.24) is 4.90 Å². The molecule has 0 saturated heterocycles. The average Bonchev–Trinajstić information content (AvgIpc) is 3.12. The van der Waals surface area contributed by atoms with Gasteiger partial charge in [-0.05, 0) is 49.8 Å². The first-order chi connectivity index (χ1) is 17.7. The Morgan fingerprint density at radius 3 is 2.81 bits per heavy atom. The summed E-state index contributed by atoms with van der Waals surface area (Å²) in [6.07, 6.45) is 7.95. The minimum Gasteiger partial charge on any atom is -0.491 e. The summed E-state index contributed by atoms with van der Waals surface area (Å²) >= 11 is 5.93. The van der Waals surface area contributed by atoms with E-state index < -0.39 is 23.4 Å². The number of rotatable bonds is 16. The molecular formula is C26H37ClN2O8. The fraction of sp³-hybridized carbons (Fsp3) is 0.577. The lowest BCUT2D eigenvalue weighted by Gasteiger charge is -2.19. The van der Waals surface area contributed by atoms with Crippen LogP contribution in [0, 0.1) is 22.0 Å². The maximum absolute atomic E-state index is 12.1. The van der Waals surface area contributed by atoms with E-state index in [1.54, 1.807) is 43.5 Å². The summed E-state index contributed by atoms with van der Waals surface area (Å²) in [6, 6.07) is 6.89. The Morgan fingerprint density at radius 1 is 1.30 bits per heavy atom. The predicted molar refractivity (Wildman–Crippen MR) is 139 cm³/mol. The van der Waals surface area contributed by atoms with Gasteiger partial charge in [0.2, 0.25) is 5.91 Å². The molecule has 0 bridgehead atoms. The predicted octanol–water partition coefficient (Wildman–Crippen LogP) is 3.17. The van der Waals surface area contributed by atoms with Gasteiger partial charge in [-0.15, -0.1) is 10.1 Å². The van der Waals surface area contributed by atoms with Crippen LogP contribution in [-0.2, 0) is 9.63 Å². The van der Waals surface area contributed by atoms with E-state index in [1.165, 1.54) is 4.90 Å². The van der Waals surface area contributed by atoms with Crippen LogP contribution in [0.4, 0.5) is 0 Å². The zero-order valence-corrected chi connectivity index (χ0v) is 21.8. The van der Waals surface area contributed by atoms with Crippen LogP contribution >= 0.6 is 11.6 Å². The molecule has 0 unspecified atom stereocenters. The third-order valence-corrected chi connectivity index (χ3v) is 6.52. The molecular weight excluding hydrogens is 504 g/mol. The van der Waals surface area contributed by atoms with Gasteiger partial charge in [-0.3, -0.25) is 4.79 Å². The monoisotopic (exact) mass is 540 g/mol. The van der Waals surface area contributed by atoms with Gasteiger partial charge in [-0.1, -0.05) is 42.0 Å². The lowest BCUT2D eigenvalue weighted by molar-refractivity contribution is -0.757. The van der Waals surface area contributed by atoms with Crippen LogP contribution in [0.2, 0.25) is 5.02 Å². The molecule has 0 spiro atoms. The maximum Gasteiger partial charge on any atom is 0.294 e. The van der Waals surface area contributed by atoms with Crippen molar-refractivity contribution in [1.29, 1.82) is 0 Å². The van der Waals surface area contributed by atoms with Gasteiger partial charge in [-0.2, -0.15) is 0 Å². The fourth-order valence-electron chi connectivity index (χ4n) is 4.26. The summed E-state index contributed by atoms with van der Waals surface area (Å²) in [5.74, 6) is 0.0366. The standard InChI is InChI=1S/C26H37ClN2O8/c1-28(14-7-15-37-29(34)35)26(33)11-5-3-2-4-10-22-23(25(32)17-24(22)31)13-12-20(30)18-36-21-9-6-8-19(27)16-21/h2,4,6,8-9,12-13,16,20,22-25,30-32H,3,5,7,10-11,14-15,17-18H2,1H3/b4-2-,13-12+/t20-,22-,23-,24+,25-/m1/s1. The zero-order valence-electron chi connectivity index (χ0n) is 21.0. The first-order valence-corrected chi connectivity index (χ1v) is 12.8. The van der Waals surface area contributed by atoms with Crippen molar-refractivity contribution in [3.8, 4) is 5.75 Å². The summed E-state index contributed by atoms with van der Waals surface area (Å²) < 4.78 is 5.54. The van der Waals surface area contributed by atoms with Crippen molar-refractivity contribution in [2.75, 3.05) is 26.8 Å². The number of unbranched alkanes of at least 4 members (excludes halogenated alkanes) is 1. The number of nitrogens with zero attached hydrogens (tertiary/aromatic N) is 2. The van der Waals surface area contributed by atoms with Crippen LogP contribution in [0.5, 0.6) is 5.75 Å². The van der Waals surface area contributed by atoms with Gasteiger partial charge >= 0.3 is 0 Å². The van der Waals surface area contributed by atoms with Crippen molar-refractivity contribution in [3.63, 3.8) is 0 Å². The molecule has 1 aromatic rings. The molecule has 0 aromatic heterocycles. The highest BCUT2D eigenvalue weighted by Crippen LogP contribution is 2.36. The molecule has 1 aromatic carbocycles. The molecule has 0 aliphatic heterocycles. The Morgan fingerprint density at radius 2 is 2.08 bits per heavy atom. The van der Waals surface area contributed by atoms with Gasteiger partial charge in [0, 0.05) is 37.4 Å². The molecule has 1 aliphatic rings. The number of aliphatic hydroxyl groups is 3. The van der Waals surface area contributed by atoms with Crippen LogP contribution in [0.25, 0.3) is 0 Å². The summed E-state index contributed by atoms with van der Waals surface area (Å²) in [7, 11) is 1.66. The topological polar surface area (TPSA) is 143 Å². The number of halogens is 1. The largest absolute Gasteiger partial charge is 0.491 e. The number of carbonyl (C=O) groups is 1. The number of carbonyl (C=O) groups excluding carboxylic acids is 1. The van der Waals surface area contributed by atoms with E-state index in [4.69, 9.17) is 16.3 Å². The second-order valence-electron chi connectivity index (χ2n) is 9.16. The van der Waals surface area contributed by atoms with Crippen LogP contribution in [0.15, 0.2) is 48.6 Å². The molecule has 1 aliphatic carbocycles. The van der Waals surface area contributed by atoms with E-state index in [1.807, 2.05) is 12.2 Å². The van der Waals surface area contributed by atoms with Crippen molar-refractivity contribution in [2.24, 2.45) is 11.8 Å². The van der Waals surface area contributed by atoms with Crippen molar-refractivity contribution in [3.05, 3.63) is 63.7 Å². The molecule has 0 heterocycles. The van der Waals surface area contributed by atoms with E-state index in [9.17, 15) is 30.2 Å². The third kappa shape index (κ3) is 11.5. The smallest absolute Gasteiger partial charge is 0.294 e. The van der Waals surface area contributed by atoms with Gasteiger partial charge < -0.3 is 29.8 Å². The molecule has 5 atom stereocenters.